The number of halogens is 1. The highest BCUT2D eigenvalue weighted by Crippen LogP contribution is 2.27. The lowest BCUT2D eigenvalue weighted by Crippen LogP contribution is -2.16. The molecule has 0 saturated carbocycles. The van der Waals surface area contributed by atoms with Crippen LogP contribution in [0.5, 0.6) is 0 Å². The summed E-state index contributed by atoms with van der Waals surface area (Å²) in [6, 6.07) is 24.9. The fraction of sp³-hybridized carbons (Fsp3) is 0.0909. The third-order valence-corrected chi connectivity index (χ3v) is 4.78. The van der Waals surface area contributed by atoms with Crippen molar-refractivity contribution in [3.8, 4) is 0 Å². The third kappa shape index (κ3) is 3.26. The molecule has 0 aliphatic carbocycles. The number of fused-ring (bicyclic) bond motifs is 1. The minimum atomic E-state index is -0.167. The first kappa shape index (κ1) is 16.6. The van der Waals surface area contributed by atoms with E-state index in [-0.39, 0.29) is 11.8 Å². The highest BCUT2D eigenvalue weighted by molar-refractivity contribution is 6.30. The van der Waals surface area contributed by atoms with Gasteiger partial charge in [-0.15, -0.1) is 0 Å². The number of nitrogens with zero attached hydrogens (tertiary/aromatic N) is 2. The van der Waals surface area contributed by atoms with Crippen LogP contribution in [0.1, 0.15) is 28.4 Å². The Hall–Kier alpha value is -2.91. The van der Waals surface area contributed by atoms with Crippen LogP contribution in [-0.4, -0.2) is 15.6 Å². The lowest BCUT2D eigenvalue weighted by Gasteiger charge is -2.19. The molecule has 4 rings (SSSR count). The minimum Gasteiger partial charge on any atom is -0.294 e. The maximum atomic E-state index is 12.9. The van der Waals surface area contributed by atoms with Crippen molar-refractivity contribution in [1.82, 2.24) is 9.78 Å². The molecule has 1 unspecified atom stereocenters. The molecular formula is C22H17ClN2O. The Balaban J connectivity index is 1.74. The van der Waals surface area contributed by atoms with E-state index in [1.807, 2.05) is 65.5 Å². The predicted octanol–water partition coefficient (Wildman–Crippen LogP) is 5.55. The molecule has 26 heavy (non-hydrogen) atoms. The molecule has 0 fully saturated rings. The molecule has 0 aliphatic rings. The summed E-state index contributed by atoms with van der Waals surface area (Å²) in [6.07, 6.45) is 2.18. The van der Waals surface area contributed by atoms with Gasteiger partial charge < -0.3 is 0 Å². The number of benzene rings is 3. The average Bonchev–Trinajstić information content (AvgIpc) is 3.11. The van der Waals surface area contributed by atoms with Crippen LogP contribution in [0.2, 0.25) is 5.02 Å². The molecule has 0 spiro atoms. The Morgan fingerprint density at radius 2 is 1.62 bits per heavy atom. The standard InChI is InChI=1S/C22H17ClN2O/c23-19-12-10-17(11-13-19)22(26)14-21(16-6-2-1-3-7-16)25-20-9-5-4-8-18(20)15-24-25/h1-13,15,21H,14H2. The SMILES string of the molecule is O=C(CC(c1ccccc1)n1ncc2ccccc21)c1ccc(Cl)cc1. The summed E-state index contributed by atoms with van der Waals surface area (Å²) in [7, 11) is 0. The topological polar surface area (TPSA) is 34.9 Å². The van der Waals surface area contributed by atoms with Crippen LogP contribution in [0.15, 0.2) is 85.1 Å². The van der Waals surface area contributed by atoms with E-state index in [2.05, 4.69) is 5.10 Å². The van der Waals surface area contributed by atoms with Crippen molar-refractivity contribution in [2.75, 3.05) is 0 Å². The van der Waals surface area contributed by atoms with E-state index in [1.54, 1.807) is 24.3 Å². The number of ketones is 1. The summed E-state index contributed by atoms with van der Waals surface area (Å²) in [4.78, 5) is 12.9. The number of carbonyl (C=O) groups is 1. The quantitative estimate of drug-likeness (QED) is 0.437. The molecule has 3 aromatic carbocycles. The highest BCUT2D eigenvalue weighted by atomic mass is 35.5. The Labute approximate surface area is 156 Å². The summed E-state index contributed by atoms with van der Waals surface area (Å²) in [5.74, 6) is 0.0649. The van der Waals surface area contributed by atoms with Gasteiger partial charge in [-0.1, -0.05) is 60.1 Å². The summed E-state index contributed by atoms with van der Waals surface area (Å²) in [6.45, 7) is 0. The van der Waals surface area contributed by atoms with Gasteiger partial charge in [-0.2, -0.15) is 5.10 Å². The molecule has 0 amide bonds. The molecule has 1 heterocycles. The van der Waals surface area contributed by atoms with Gasteiger partial charge in [0.1, 0.15) is 0 Å². The molecule has 4 heteroatoms. The number of hydrogen-bond donors (Lipinski definition) is 0. The Bertz CT molecular complexity index is 1040. The predicted molar refractivity (Wildman–Crippen MR) is 105 cm³/mol. The van der Waals surface area contributed by atoms with Gasteiger partial charge in [0, 0.05) is 22.4 Å². The molecule has 0 aliphatic heterocycles. The normalized spacial score (nSPS) is 12.2. The maximum Gasteiger partial charge on any atom is 0.165 e. The van der Waals surface area contributed by atoms with Crippen LogP contribution >= 0.6 is 11.6 Å². The highest BCUT2D eigenvalue weighted by Gasteiger charge is 2.21. The molecule has 4 aromatic rings. The van der Waals surface area contributed by atoms with Crippen LogP contribution in [0.3, 0.4) is 0 Å². The second kappa shape index (κ2) is 7.14. The number of rotatable bonds is 5. The van der Waals surface area contributed by atoms with Crippen molar-refractivity contribution in [1.29, 1.82) is 0 Å². The van der Waals surface area contributed by atoms with Crippen molar-refractivity contribution >= 4 is 28.3 Å². The van der Waals surface area contributed by atoms with Crippen LogP contribution in [0.4, 0.5) is 0 Å². The lowest BCUT2D eigenvalue weighted by molar-refractivity contribution is 0.0968. The van der Waals surface area contributed by atoms with Crippen molar-refractivity contribution in [3.63, 3.8) is 0 Å². The summed E-state index contributed by atoms with van der Waals surface area (Å²) < 4.78 is 1.94. The van der Waals surface area contributed by atoms with Gasteiger partial charge in [0.25, 0.3) is 0 Å². The van der Waals surface area contributed by atoms with Gasteiger partial charge >= 0.3 is 0 Å². The number of carbonyl (C=O) groups excluding carboxylic acids is 1. The van der Waals surface area contributed by atoms with Gasteiger partial charge in [0.05, 0.1) is 17.8 Å². The van der Waals surface area contributed by atoms with Crippen molar-refractivity contribution in [3.05, 3.63) is 101 Å². The van der Waals surface area contributed by atoms with Gasteiger partial charge in [-0.05, 0) is 35.9 Å². The molecule has 3 nitrogen and oxygen atoms in total. The van der Waals surface area contributed by atoms with Crippen molar-refractivity contribution in [2.45, 2.75) is 12.5 Å². The Kier molecular flexibility index (Phi) is 4.55. The second-order valence-electron chi connectivity index (χ2n) is 6.21. The molecule has 128 valence electrons. The number of aromatic nitrogens is 2. The van der Waals surface area contributed by atoms with Gasteiger partial charge in [0.2, 0.25) is 0 Å². The third-order valence-electron chi connectivity index (χ3n) is 4.53. The van der Waals surface area contributed by atoms with Crippen molar-refractivity contribution in [2.24, 2.45) is 0 Å². The number of Topliss-reactive ketones (excluding diaryl/α,β-unsaturated/α-hetero) is 1. The summed E-state index contributed by atoms with van der Waals surface area (Å²) in [5, 5.41) is 6.26. The Morgan fingerprint density at radius 3 is 2.38 bits per heavy atom. The van der Waals surface area contributed by atoms with E-state index in [1.165, 1.54) is 0 Å². The van der Waals surface area contributed by atoms with Gasteiger partial charge in [0.15, 0.2) is 5.78 Å². The number of para-hydroxylation sites is 1. The van der Waals surface area contributed by atoms with Crippen LogP contribution < -0.4 is 0 Å². The average molecular weight is 361 g/mol. The second-order valence-corrected chi connectivity index (χ2v) is 6.65. The van der Waals surface area contributed by atoms with E-state index < -0.39 is 0 Å². The van der Waals surface area contributed by atoms with Crippen LogP contribution in [0, 0.1) is 0 Å². The fourth-order valence-electron chi connectivity index (χ4n) is 3.19. The molecule has 1 aromatic heterocycles. The van der Waals surface area contributed by atoms with Gasteiger partial charge in [-0.25, -0.2) is 0 Å². The van der Waals surface area contributed by atoms with E-state index in [4.69, 9.17) is 11.6 Å². The first-order chi connectivity index (χ1) is 12.7. The maximum absolute atomic E-state index is 12.9. The summed E-state index contributed by atoms with van der Waals surface area (Å²) >= 11 is 5.94. The minimum absolute atomic E-state index is 0.0649. The first-order valence-corrected chi connectivity index (χ1v) is 8.86. The molecule has 0 saturated heterocycles. The van der Waals surface area contributed by atoms with Crippen molar-refractivity contribution < 1.29 is 4.79 Å². The van der Waals surface area contributed by atoms with Crippen LogP contribution in [0.25, 0.3) is 10.9 Å². The monoisotopic (exact) mass is 360 g/mol. The van der Waals surface area contributed by atoms with E-state index in [0.29, 0.717) is 17.0 Å². The zero-order valence-electron chi connectivity index (χ0n) is 14.0. The smallest absolute Gasteiger partial charge is 0.165 e. The Morgan fingerprint density at radius 1 is 0.923 bits per heavy atom. The molecule has 1 atom stereocenters. The van der Waals surface area contributed by atoms with Crippen LogP contribution in [-0.2, 0) is 0 Å². The largest absolute Gasteiger partial charge is 0.294 e. The van der Waals surface area contributed by atoms with Gasteiger partial charge in [-0.3, -0.25) is 9.48 Å². The summed E-state index contributed by atoms with van der Waals surface area (Å²) in [5.41, 5.74) is 2.74. The van der Waals surface area contributed by atoms with E-state index >= 15 is 0 Å². The molecular weight excluding hydrogens is 344 g/mol. The number of hydrogen-bond acceptors (Lipinski definition) is 2. The lowest BCUT2D eigenvalue weighted by atomic mass is 9.98. The molecule has 0 bridgehead atoms. The zero-order valence-corrected chi connectivity index (χ0v) is 14.8. The van der Waals surface area contributed by atoms with E-state index in [0.717, 1.165) is 16.5 Å². The first-order valence-electron chi connectivity index (χ1n) is 8.48. The molecule has 0 radical (unpaired) electrons. The molecule has 0 N–H and O–H groups in total. The zero-order chi connectivity index (χ0) is 17.9. The van der Waals surface area contributed by atoms with E-state index in [9.17, 15) is 4.79 Å². The fourth-order valence-corrected chi connectivity index (χ4v) is 3.32.